The number of hydrogen-bond donors (Lipinski definition) is 0. The molecule has 20 heavy (non-hydrogen) atoms. The first-order valence-corrected chi connectivity index (χ1v) is 7.51. The molecular weight excluding hydrogens is 240 g/mol. The Hall–Kier alpha value is -1.82. The third kappa shape index (κ3) is 6.38. The molecule has 2 rings (SSSR count). The van der Waals surface area contributed by atoms with Gasteiger partial charge in [-0.15, -0.1) is 0 Å². The van der Waals surface area contributed by atoms with Crippen molar-refractivity contribution in [3.63, 3.8) is 0 Å². The Kier molecular flexibility index (Phi) is 8.14. The van der Waals surface area contributed by atoms with Crippen molar-refractivity contribution < 1.29 is 0 Å². The third-order valence-corrected chi connectivity index (χ3v) is 3.15. The minimum Gasteiger partial charge on any atom is -0.0914 e. The van der Waals surface area contributed by atoms with Gasteiger partial charge in [-0.3, -0.25) is 0 Å². The molecule has 0 aliphatic heterocycles. The Morgan fingerprint density at radius 1 is 0.850 bits per heavy atom. The molecule has 2 aromatic rings. The number of hydrogen-bond acceptors (Lipinski definition) is 0. The third-order valence-electron chi connectivity index (χ3n) is 3.15. The van der Waals surface area contributed by atoms with Crippen molar-refractivity contribution >= 4 is 0 Å². The summed E-state index contributed by atoms with van der Waals surface area (Å²) in [6.07, 6.45) is 7.00. The summed E-state index contributed by atoms with van der Waals surface area (Å²) in [5, 5.41) is 0. The summed E-state index contributed by atoms with van der Waals surface area (Å²) < 4.78 is 0. The minimum absolute atomic E-state index is 0.782. The highest BCUT2D eigenvalue weighted by Gasteiger charge is 1.92. The van der Waals surface area contributed by atoms with E-state index in [1.54, 1.807) is 0 Å². The predicted octanol–water partition coefficient (Wildman–Crippen LogP) is 6.35. The zero-order valence-corrected chi connectivity index (χ0v) is 12.9. The Balaban J connectivity index is 0.000000221. The number of allylic oxidation sites excluding steroid dienone is 2. The van der Waals surface area contributed by atoms with Gasteiger partial charge in [-0.25, -0.2) is 0 Å². The van der Waals surface area contributed by atoms with E-state index in [2.05, 4.69) is 81.5 Å². The molecule has 0 N–H and O–H groups in total. The smallest absolute Gasteiger partial charge is 0.0184 e. The average Bonchev–Trinajstić information content (AvgIpc) is 2.50. The first kappa shape index (κ1) is 16.2. The van der Waals surface area contributed by atoms with E-state index in [4.69, 9.17) is 0 Å². The molecule has 0 amide bonds. The first-order valence-electron chi connectivity index (χ1n) is 7.51. The van der Waals surface area contributed by atoms with Crippen LogP contribution in [0.15, 0.2) is 72.8 Å². The molecule has 1 unspecified atom stereocenters. The average molecular weight is 266 g/mol. The highest BCUT2D eigenvalue weighted by Crippen LogP contribution is 2.17. The summed E-state index contributed by atoms with van der Waals surface area (Å²) in [5.41, 5.74) is 2.55. The van der Waals surface area contributed by atoms with E-state index in [1.165, 1.54) is 24.0 Å². The lowest BCUT2D eigenvalue weighted by Gasteiger charge is -1.99. The van der Waals surface area contributed by atoms with Gasteiger partial charge in [-0.05, 0) is 30.4 Å². The van der Waals surface area contributed by atoms with Crippen molar-refractivity contribution in [3.8, 4) is 11.1 Å². The van der Waals surface area contributed by atoms with Gasteiger partial charge in [0.05, 0.1) is 0 Å². The summed E-state index contributed by atoms with van der Waals surface area (Å²) in [4.78, 5) is 0. The van der Waals surface area contributed by atoms with Crippen LogP contribution in [-0.4, -0.2) is 0 Å². The van der Waals surface area contributed by atoms with Crippen LogP contribution in [0.25, 0.3) is 11.1 Å². The monoisotopic (exact) mass is 266 g/mol. The molecule has 0 aliphatic rings. The Morgan fingerprint density at radius 3 is 1.65 bits per heavy atom. The topological polar surface area (TPSA) is 0 Å². The fourth-order valence-corrected chi connectivity index (χ4v) is 2.14. The Labute approximate surface area is 124 Å². The van der Waals surface area contributed by atoms with Gasteiger partial charge in [0, 0.05) is 0 Å². The van der Waals surface area contributed by atoms with Crippen molar-refractivity contribution in [1.82, 2.24) is 0 Å². The van der Waals surface area contributed by atoms with Crippen LogP contribution in [0.2, 0.25) is 0 Å². The van der Waals surface area contributed by atoms with Gasteiger partial charge >= 0.3 is 0 Å². The molecular formula is C20H26. The molecule has 0 radical (unpaired) electrons. The predicted molar refractivity (Wildman–Crippen MR) is 90.8 cm³/mol. The van der Waals surface area contributed by atoms with E-state index >= 15 is 0 Å². The summed E-state index contributed by atoms with van der Waals surface area (Å²) in [5.74, 6) is 0.782. The summed E-state index contributed by atoms with van der Waals surface area (Å²) >= 11 is 0. The van der Waals surface area contributed by atoms with Crippen LogP contribution in [0.5, 0.6) is 0 Å². The van der Waals surface area contributed by atoms with Crippen LogP contribution in [0.1, 0.15) is 33.6 Å². The highest BCUT2D eigenvalue weighted by atomic mass is 14.0. The van der Waals surface area contributed by atoms with Gasteiger partial charge in [0.15, 0.2) is 0 Å². The fourth-order valence-electron chi connectivity index (χ4n) is 2.14. The van der Waals surface area contributed by atoms with Crippen molar-refractivity contribution in [2.75, 3.05) is 0 Å². The van der Waals surface area contributed by atoms with Crippen molar-refractivity contribution in [2.24, 2.45) is 5.92 Å². The molecule has 0 fully saturated rings. The normalized spacial score (nSPS) is 11.8. The van der Waals surface area contributed by atoms with Crippen molar-refractivity contribution in [2.45, 2.75) is 33.6 Å². The van der Waals surface area contributed by atoms with E-state index in [9.17, 15) is 0 Å². The maximum Gasteiger partial charge on any atom is -0.0184 e. The second-order valence-corrected chi connectivity index (χ2v) is 5.02. The molecule has 0 heterocycles. The van der Waals surface area contributed by atoms with E-state index in [0.29, 0.717) is 0 Å². The Bertz CT molecular complexity index is 430. The molecule has 1 atom stereocenters. The number of benzene rings is 2. The van der Waals surface area contributed by atoms with Crippen molar-refractivity contribution in [1.29, 1.82) is 0 Å². The van der Waals surface area contributed by atoms with E-state index in [1.807, 2.05) is 12.1 Å². The largest absolute Gasteiger partial charge is 0.0914 e. The van der Waals surface area contributed by atoms with Gasteiger partial charge < -0.3 is 0 Å². The molecule has 0 aromatic heterocycles. The molecule has 2 aromatic carbocycles. The minimum atomic E-state index is 0.782. The molecule has 106 valence electrons. The lowest BCUT2D eigenvalue weighted by atomic mass is 10.1. The van der Waals surface area contributed by atoms with Crippen LogP contribution in [0.3, 0.4) is 0 Å². The molecule has 0 bridgehead atoms. The second kappa shape index (κ2) is 10.0. The zero-order valence-electron chi connectivity index (χ0n) is 12.9. The van der Waals surface area contributed by atoms with Crippen LogP contribution in [0.4, 0.5) is 0 Å². The van der Waals surface area contributed by atoms with Gasteiger partial charge in [-0.2, -0.15) is 0 Å². The summed E-state index contributed by atoms with van der Waals surface area (Å²) in [6.45, 7) is 6.55. The van der Waals surface area contributed by atoms with E-state index < -0.39 is 0 Å². The quantitative estimate of drug-likeness (QED) is 0.565. The van der Waals surface area contributed by atoms with Gasteiger partial charge in [-0.1, -0.05) is 93.1 Å². The molecule has 0 nitrogen and oxygen atoms in total. The summed E-state index contributed by atoms with van der Waals surface area (Å²) in [7, 11) is 0. The molecule has 0 spiro atoms. The van der Waals surface area contributed by atoms with Crippen LogP contribution >= 0.6 is 0 Å². The molecule has 0 aliphatic carbocycles. The molecule has 0 saturated carbocycles. The summed E-state index contributed by atoms with van der Waals surface area (Å²) in [6, 6.07) is 20.8. The zero-order chi connectivity index (χ0) is 14.6. The van der Waals surface area contributed by atoms with Gasteiger partial charge in [0.1, 0.15) is 0 Å². The maximum atomic E-state index is 2.25. The SMILES string of the molecule is CC=CC(C)CCC.c1ccc(-c2ccccc2)cc1. The van der Waals surface area contributed by atoms with Crippen LogP contribution in [0, 0.1) is 5.92 Å². The highest BCUT2D eigenvalue weighted by molar-refractivity contribution is 5.62. The van der Waals surface area contributed by atoms with E-state index in [-0.39, 0.29) is 0 Å². The maximum absolute atomic E-state index is 2.25. The van der Waals surface area contributed by atoms with Gasteiger partial charge in [0.25, 0.3) is 0 Å². The van der Waals surface area contributed by atoms with Crippen LogP contribution in [-0.2, 0) is 0 Å². The lowest BCUT2D eigenvalue weighted by Crippen LogP contribution is -1.85. The lowest BCUT2D eigenvalue weighted by molar-refractivity contribution is 0.633. The van der Waals surface area contributed by atoms with Gasteiger partial charge in [0.2, 0.25) is 0 Å². The van der Waals surface area contributed by atoms with E-state index in [0.717, 1.165) is 5.92 Å². The second-order valence-electron chi connectivity index (χ2n) is 5.02. The van der Waals surface area contributed by atoms with Crippen molar-refractivity contribution in [3.05, 3.63) is 72.8 Å². The fraction of sp³-hybridized carbons (Fsp3) is 0.300. The standard InChI is InChI=1S/C12H10.C8H16/c1-3-7-11(8-4-1)12-9-5-2-6-10-12;1-4-6-8(3)7-5-2/h1-10H;4,6,8H,5,7H2,1-3H3. The first-order chi connectivity index (χ1) is 9.77. The molecule has 0 heteroatoms. The number of rotatable bonds is 4. The Morgan fingerprint density at radius 2 is 1.30 bits per heavy atom. The van der Waals surface area contributed by atoms with Crippen LogP contribution < -0.4 is 0 Å². The molecule has 0 saturated heterocycles.